The average Bonchev–Trinajstić information content (AvgIpc) is 3.59. The monoisotopic (exact) mass is 497 g/mol. The molecule has 2 aliphatic carbocycles. The van der Waals surface area contributed by atoms with Crippen molar-refractivity contribution in [1.29, 1.82) is 0 Å². The Hall–Kier alpha value is -3.56. The maximum absolute atomic E-state index is 14.6. The van der Waals surface area contributed by atoms with E-state index < -0.39 is 18.0 Å². The fourth-order valence-corrected chi connectivity index (χ4v) is 4.84. The van der Waals surface area contributed by atoms with Crippen LogP contribution in [0.3, 0.4) is 0 Å². The quantitative estimate of drug-likeness (QED) is 0.458. The molecule has 0 radical (unpaired) electrons. The Labute approximate surface area is 207 Å². The van der Waals surface area contributed by atoms with Crippen LogP contribution in [0.4, 0.5) is 8.78 Å². The molecule has 2 fully saturated rings. The van der Waals surface area contributed by atoms with Crippen LogP contribution in [0.2, 0.25) is 0 Å². The van der Waals surface area contributed by atoms with Gasteiger partial charge in [-0.3, -0.25) is 9.59 Å². The van der Waals surface area contributed by atoms with Gasteiger partial charge in [0.05, 0.1) is 23.7 Å². The van der Waals surface area contributed by atoms with E-state index in [1.807, 2.05) is 0 Å². The largest absolute Gasteiger partial charge is 0.493 e. The highest BCUT2D eigenvalue weighted by Gasteiger charge is 2.33. The third kappa shape index (κ3) is 5.03. The fraction of sp³-hybridized carbons (Fsp3) is 0.462. The first-order valence-electron chi connectivity index (χ1n) is 12.3. The number of hydrogen-bond donors (Lipinski definition) is 3. The molecule has 10 heteroatoms. The fourth-order valence-electron chi connectivity index (χ4n) is 4.84. The highest BCUT2D eigenvalue weighted by Crippen LogP contribution is 2.37. The smallest absolute Gasteiger partial charge is 0.255 e. The molecule has 3 atom stereocenters. The zero-order chi connectivity index (χ0) is 25.4. The number of aromatic amines is 1. The van der Waals surface area contributed by atoms with Gasteiger partial charge in [0.25, 0.3) is 5.91 Å². The van der Waals surface area contributed by atoms with Gasteiger partial charge in [0.1, 0.15) is 35.3 Å². The Kier molecular flexibility index (Phi) is 6.59. The summed E-state index contributed by atoms with van der Waals surface area (Å²) in [6.07, 6.45) is 3.45. The number of nitrogens with zero attached hydrogens (tertiary/aromatic N) is 2. The number of carbonyl (C=O) groups excluding carboxylic acids is 2. The summed E-state index contributed by atoms with van der Waals surface area (Å²) < 4.78 is 34.8. The number of nitrogens with one attached hydrogen (secondary N) is 3. The van der Waals surface area contributed by atoms with Crippen molar-refractivity contribution in [2.24, 2.45) is 5.92 Å². The number of hydrogen-bond acceptors (Lipinski definition) is 5. The predicted octanol–water partition coefficient (Wildman–Crippen LogP) is 3.99. The van der Waals surface area contributed by atoms with Gasteiger partial charge in [-0.1, -0.05) is 0 Å². The van der Waals surface area contributed by atoms with Gasteiger partial charge in [-0.15, -0.1) is 0 Å². The number of aromatic nitrogens is 3. The van der Waals surface area contributed by atoms with Crippen molar-refractivity contribution in [1.82, 2.24) is 25.6 Å². The van der Waals surface area contributed by atoms with Crippen molar-refractivity contribution < 1.29 is 23.1 Å². The molecular formula is C26H29F2N5O3. The molecule has 5 rings (SSSR count). The number of carbonyl (C=O) groups is 2. The van der Waals surface area contributed by atoms with E-state index in [4.69, 9.17) is 4.74 Å². The molecule has 2 aliphatic rings. The molecule has 2 heterocycles. The second-order valence-corrected chi connectivity index (χ2v) is 9.77. The van der Waals surface area contributed by atoms with Crippen molar-refractivity contribution in [3.05, 3.63) is 41.6 Å². The highest BCUT2D eigenvalue weighted by atomic mass is 19.1. The number of halogens is 2. The number of rotatable bonds is 7. The lowest BCUT2D eigenvalue weighted by Gasteiger charge is -2.32. The van der Waals surface area contributed by atoms with E-state index in [2.05, 4.69) is 25.6 Å². The van der Waals surface area contributed by atoms with Crippen LogP contribution < -0.4 is 15.4 Å². The standard InChI is InChI=1S/C26H29F2N5O3/c1-13-22(26(35)33-17-6-7-20(19(28)10-17)32-14(2)34)24-25(31-13)23(29-12-30-24)18-9-16(27)5-8-21(18)36-11-15-3-4-15/h5,8-9,12,15,17,19-20,31H,3-4,6-7,10-11H2,1-2H3,(H,32,34)(H,33,35). The van der Waals surface area contributed by atoms with E-state index >= 15 is 0 Å². The van der Waals surface area contributed by atoms with Crippen LogP contribution in [-0.4, -0.2) is 51.6 Å². The number of aryl methyl sites for hydroxylation is 1. The summed E-state index contributed by atoms with van der Waals surface area (Å²) in [7, 11) is 0. The van der Waals surface area contributed by atoms with E-state index in [1.165, 1.54) is 25.4 Å². The van der Waals surface area contributed by atoms with Crippen molar-refractivity contribution >= 4 is 22.8 Å². The molecule has 36 heavy (non-hydrogen) atoms. The Balaban J connectivity index is 1.40. The number of fused-ring (bicyclic) bond motifs is 1. The van der Waals surface area contributed by atoms with Gasteiger partial charge < -0.3 is 20.4 Å². The molecule has 1 aromatic carbocycles. The molecule has 2 amide bonds. The van der Waals surface area contributed by atoms with E-state index in [0.29, 0.717) is 64.7 Å². The summed E-state index contributed by atoms with van der Waals surface area (Å²) >= 11 is 0. The first kappa shape index (κ1) is 24.1. The van der Waals surface area contributed by atoms with E-state index in [9.17, 15) is 18.4 Å². The Morgan fingerprint density at radius 1 is 1.17 bits per heavy atom. The Morgan fingerprint density at radius 2 is 1.97 bits per heavy atom. The number of amides is 2. The van der Waals surface area contributed by atoms with Crippen LogP contribution >= 0.6 is 0 Å². The zero-order valence-corrected chi connectivity index (χ0v) is 20.2. The second kappa shape index (κ2) is 9.83. The van der Waals surface area contributed by atoms with Gasteiger partial charge >= 0.3 is 0 Å². The Bertz CT molecular complexity index is 1310. The molecule has 190 valence electrons. The minimum atomic E-state index is -1.24. The summed E-state index contributed by atoms with van der Waals surface area (Å²) in [5.41, 5.74) is 2.73. The third-order valence-corrected chi connectivity index (χ3v) is 6.86. The van der Waals surface area contributed by atoms with Crippen LogP contribution in [0.1, 0.15) is 55.1 Å². The van der Waals surface area contributed by atoms with Gasteiger partial charge in [-0.25, -0.2) is 18.7 Å². The summed E-state index contributed by atoms with van der Waals surface area (Å²) in [4.78, 5) is 36.5. The van der Waals surface area contributed by atoms with Crippen molar-refractivity contribution in [3.8, 4) is 17.0 Å². The summed E-state index contributed by atoms with van der Waals surface area (Å²) in [6.45, 7) is 3.68. The van der Waals surface area contributed by atoms with Crippen LogP contribution in [0.5, 0.6) is 5.75 Å². The van der Waals surface area contributed by atoms with E-state index in [0.717, 1.165) is 12.8 Å². The first-order chi connectivity index (χ1) is 17.3. The summed E-state index contributed by atoms with van der Waals surface area (Å²) in [5, 5.41) is 5.55. The molecule has 3 N–H and O–H groups in total. The normalized spacial score (nSPS) is 21.8. The molecule has 0 saturated heterocycles. The van der Waals surface area contributed by atoms with Crippen LogP contribution in [0, 0.1) is 18.7 Å². The molecular weight excluding hydrogens is 468 g/mol. The van der Waals surface area contributed by atoms with Crippen molar-refractivity contribution in [2.75, 3.05) is 6.61 Å². The maximum Gasteiger partial charge on any atom is 0.255 e. The predicted molar refractivity (Wildman–Crippen MR) is 130 cm³/mol. The molecule has 2 aromatic heterocycles. The van der Waals surface area contributed by atoms with Crippen LogP contribution in [0.15, 0.2) is 24.5 Å². The average molecular weight is 498 g/mol. The number of H-pyrrole nitrogens is 1. The van der Waals surface area contributed by atoms with Gasteiger partial charge in [0, 0.05) is 30.6 Å². The molecule has 2 saturated carbocycles. The van der Waals surface area contributed by atoms with Crippen LogP contribution in [-0.2, 0) is 4.79 Å². The second-order valence-electron chi connectivity index (χ2n) is 9.77. The molecule has 0 spiro atoms. The topological polar surface area (TPSA) is 109 Å². The molecule has 8 nitrogen and oxygen atoms in total. The zero-order valence-electron chi connectivity index (χ0n) is 20.2. The number of ether oxygens (including phenoxy) is 1. The van der Waals surface area contributed by atoms with Crippen molar-refractivity contribution in [3.63, 3.8) is 0 Å². The van der Waals surface area contributed by atoms with Crippen molar-refractivity contribution in [2.45, 2.75) is 64.2 Å². The van der Waals surface area contributed by atoms with Gasteiger partial charge in [0.15, 0.2) is 0 Å². The molecule has 3 unspecified atom stereocenters. The maximum atomic E-state index is 14.6. The summed E-state index contributed by atoms with van der Waals surface area (Å²) in [6, 6.07) is 3.41. The van der Waals surface area contributed by atoms with Crippen LogP contribution in [0.25, 0.3) is 22.3 Å². The first-order valence-corrected chi connectivity index (χ1v) is 12.3. The van der Waals surface area contributed by atoms with Gasteiger partial charge in [-0.2, -0.15) is 0 Å². The Morgan fingerprint density at radius 3 is 2.69 bits per heavy atom. The minimum Gasteiger partial charge on any atom is -0.493 e. The van der Waals surface area contributed by atoms with E-state index in [1.54, 1.807) is 13.0 Å². The number of benzene rings is 1. The SMILES string of the molecule is CC(=O)NC1CCC(NC(=O)c2c(C)[nH]c3c(-c4cc(F)ccc4OCC4CC4)ncnc23)CC1F. The highest BCUT2D eigenvalue weighted by molar-refractivity contribution is 6.09. The molecule has 0 aliphatic heterocycles. The lowest BCUT2D eigenvalue weighted by molar-refractivity contribution is -0.120. The molecule has 0 bridgehead atoms. The van der Waals surface area contributed by atoms with Gasteiger partial charge in [-0.05, 0) is 56.7 Å². The lowest BCUT2D eigenvalue weighted by atomic mass is 9.89. The third-order valence-electron chi connectivity index (χ3n) is 6.86. The number of alkyl halides is 1. The molecule has 3 aromatic rings. The minimum absolute atomic E-state index is 0.114. The summed E-state index contributed by atoms with van der Waals surface area (Å²) in [5.74, 6) is -0.0232. The lowest BCUT2D eigenvalue weighted by Crippen LogP contribution is -2.49. The van der Waals surface area contributed by atoms with Gasteiger partial charge in [0.2, 0.25) is 5.91 Å². The van der Waals surface area contributed by atoms with E-state index in [-0.39, 0.29) is 24.3 Å².